The lowest BCUT2D eigenvalue weighted by Gasteiger charge is -2.24. The largest absolute Gasteiger partial charge is 0.489 e. The van der Waals surface area contributed by atoms with Gasteiger partial charge in [-0.15, -0.1) is 0 Å². The van der Waals surface area contributed by atoms with Crippen molar-refractivity contribution < 1.29 is 14.3 Å². The van der Waals surface area contributed by atoms with E-state index in [-0.39, 0.29) is 18.8 Å². The van der Waals surface area contributed by atoms with Crippen molar-refractivity contribution in [3.8, 4) is 5.75 Å². The minimum Gasteiger partial charge on any atom is -0.489 e. The molecule has 0 saturated carbocycles. The Hall–Kier alpha value is -3.36. The molecular formula is C30H23Cl3N2O4S. The first-order valence-corrected chi connectivity index (χ1v) is 14.3. The number of esters is 1. The average molecular weight is 614 g/mol. The van der Waals surface area contributed by atoms with Crippen LogP contribution >= 0.6 is 46.1 Å². The molecule has 10 heteroatoms. The third-order valence-corrected chi connectivity index (χ3v) is 8.09. The smallest absolute Gasteiger partial charge is 0.338 e. The van der Waals surface area contributed by atoms with Crippen molar-refractivity contribution in [1.82, 2.24) is 4.57 Å². The Morgan fingerprint density at radius 1 is 1.05 bits per heavy atom. The van der Waals surface area contributed by atoms with E-state index in [0.717, 1.165) is 16.7 Å². The van der Waals surface area contributed by atoms with Gasteiger partial charge in [-0.05, 0) is 67.4 Å². The summed E-state index contributed by atoms with van der Waals surface area (Å²) >= 11 is 19.6. The fraction of sp³-hybridized carbons (Fsp3) is 0.167. The number of carbonyl (C=O) groups excluding carboxylic acids is 1. The van der Waals surface area contributed by atoms with Crippen LogP contribution in [0.4, 0.5) is 0 Å². The molecule has 1 aliphatic heterocycles. The van der Waals surface area contributed by atoms with E-state index in [4.69, 9.17) is 44.3 Å². The monoisotopic (exact) mass is 612 g/mol. The SMILES string of the molecule is CCOC(=O)C1=C(C)N=c2sc(=Cc3cccc(OCc4ccc(Cl)cc4Cl)c3)c(=O)n2C1c1ccc(Cl)cc1. The lowest BCUT2D eigenvalue weighted by atomic mass is 9.96. The molecule has 4 aromatic rings. The van der Waals surface area contributed by atoms with Gasteiger partial charge < -0.3 is 9.47 Å². The molecule has 1 unspecified atom stereocenters. The summed E-state index contributed by atoms with van der Waals surface area (Å²) < 4.78 is 13.3. The van der Waals surface area contributed by atoms with Crippen LogP contribution in [0.15, 0.2) is 87.8 Å². The Morgan fingerprint density at radius 3 is 2.52 bits per heavy atom. The number of rotatable bonds is 7. The van der Waals surface area contributed by atoms with Gasteiger partial charge in [0.25, 0.3) is 5.56 Å². The number of thiazole rings is 1. The highest BCUT2D eigenvalue weighted by molar-refractivity contribution is 7.07. The van der Waals surface area contributed by atoms with Gasteiger partial charge in [0, 0.05) is 20.6 Å². The van der Waals surface area contributed by atoms with E-state index in [1.54, 1.807) is 60.9 Å². The number of hydrogen-bond donors (Lipinski definition) is 0. The van der Waals surface area contributed by atoms with Gasteiger partial charge in [-0.25, -0.2) is 9.79 Å². The fourth-order valence-corrected chi connectivity index (χ4v) is 6.03. The zero-order valence-corrected chi connectivity index (χ0v) is 24.6. The number of aromatic nitrogens is 1. The van der Waals surface area contributed by atoms with Crippen LogP contribution in [0.2, 0.25) is 15.1 Å². The second-order valence-corrected chi connectivity index (χ2v) is 11.2. The van der Waals surface area contributed by atoms with Crippen LogP contribution in [0.1, 0.15) is 36.6 Å². The van der Waals surface area contributed by atoms with Crippen molar-refractivity contribution >= 4 is 58.2 Å². The first kappa shape index (κ1) is 28.2. The van der Waals surface area contributed by atoms with Crippen molar-refractivity contribution in [2.24, 2.45) is 4.99 Å². The van der Waals surface area contributed by atoms with Crippen molar-refractivity contribution in [3.05, 3.63) is 129 Å². The molecule has 0 amide bonds. The fourth-order valence-electron chi connectivity index (χ4n) is 4.40. The summed E-state index contributed by atoms with van der Waals surface area (Å²) in [6, 6.07) is 19.0. The van der Waals surface area contributed by atoms with E-state index in [9.17, 15) is 9.59 Å². The minimum atomic E-state index is -0.700. The van der Waals surface area contributed by atoms with Gasteiger partial charge >= 0.3 is 5.97 Å². The van der Waals surface area contributed by atoms with Gasteiger partial charge in [-0.1, -0.05) is 76.5 Å². The number of fused-ring (bicyclic) bond motifs is 1. The summed E-state index contributed by atoms with van der Waals surface area (Å²) in [6.07, 6.45) is 1.79. The van der Waals surface area contributed by atoms with Gasteiger partial charge in [-0.2, -0.15) is 0 Å². The average Bonchev–Trinajstić information content (AvgIpc) is 3.22. The predicted molar refractivity (Wildman–Crippen MR) is 159 cm³/mol. The minimum absolute atomic E-state index is 0.204. The molecular weight excluding hydrogens is 591 g/mol. The molecule has 1 aliphatic rings. The van der Waals surface area contributed by atoms with Gasteiger partial charge in [-0.3, -0.25) is 9.36 Å². The standard InChI is InChI=1S/C30H23Cl3N2O4S/c1-3-38-29(37)26-17(2)34-30-35(27(26)19-7-10-21(31)11-8-19)28(36)25(40-30)14-18-5-4-6-23(13-18)39-16-20-9-12-22(32)15-24(20)33/h4-15,27H,3,16H2,1-2H3. The van der Waals surface area contributed by atoms with Gasteiger partial charge in [0.05, 0.1) is 28.5 Å². The number of nitrogens with zero attached hydrogens (tertiary/aromatic N) is 2. The molecule has 2 heterocycles. The Kier molecular flexibility index (Phi) is 8.47. The topological polar surface area (TPSA) is 69.9 Å². The van der Waals surface area contributed by atoms with E-state index in [1.807, 2.05) is 30.3 Å². The first-order chi connectivity index (χ1) is 19.2. The quantitative estimate of drug-likeness (QED) is 0.228. The van der Waals surface area contributed by atoms with E-state index in [0.29, 0.717) is 41.4 Å². The van der Waals surface area contributed by atoms with E-state index < -0.39 is 12.0 Å². The maximum Gasteiger partial charge on any atom is 0.338 e. The van der Waals surface area contributed by atoms with E-state index in [2.05, 4.69) is 4.99 Å². The Morgan fingerprint density at radius 2 is 1.80 bits per heavy atom. The van der Waals surface area contributed by atoms with Crippen molar-refractivity contribution in [2.75, 3.05) is 6.61 Å². The molecule has 204 valence electrons. The number of hydrogen-bond acceptors (Lipinski definition) is 6. The second kappa shape index (κ2) is 12.0. The van der Waals surface area contributed by atoms with E-state index in [1.165, 1.54) is 11.3 Å². The summed E-state index contributed by atoms with van der Waals surface area (Å²) in [7, 11) is 0. The van der Waals surface area contributed by atoms with E-state index >= 15 is 0 Å². The summed E-state index contributed by atoms with van der Waals surface area (Å²) in [5, 5.41) is 1.63. The van der Waals surface area contributed by atoms with Crippen LogP contribution in [-0.2, 0) is 16.1 Å². The molecule has 1 atom stereocenters. The molecule has 1 aromatic heterocycles. The molecule has 0 radical (unpaired) electrons. The van der Waals surface area contributed by atoms with Gasteiger partial charge in [0.15, 0.2) is 4.80 Å². The number of ether oxygens (including phenoxy) is 2. The maximum atomic E-state index is 13.8. The first-order valence-electron chi connectivity index (χ1n) is 12.4. The van der Waals surface area contributed by atoms with Crippen LogP contribution in [0.5, 0.6) is 5.75 Å². The summed E-state index contributed by atoms with van der Waals surface area (Å²) in [4.78, 5) is 31.9. The molecule has 0 N–H and O–H groups in total. The molecule has 6 nitrogen and oxygen atoms in total. The van der Waals surface area contributed by atoms with Gasteiger partial charge in [0.2, 0.25) is 0 Å². The van der Waals surface area contributed by atoms with Gasteiger partial charge in [0.1, 0.15) is 12.4 Å². The van der Waals surface area contributed by atoms with Crippen LogP contribution in [0.25, 0.3) is 6.08 Å². The molecule has 40 heavy (non-hydrogen) atoms. The molecule has 0 aliphatic carbocycles. The Labute approximate surface area is 249 Å². The van der Waals surface area contributed by atoms with Crippen molar-refractivity contribution in [2.45, 2.75) is 26.5 Å². The number of allylic oxidation sites excluding steroid dienone is 1. The van der Waals surface area contributed by atoms with Crippen LogP contribution in [-0.4, -0.2) is 17.1 Å². The van der Waals surface area contributed by atoms with Crippen molar-refractivity contribution in [1.29, 1.82) is 0 Å². The summed E-state index contributed by atoms with van der Waals surface area (Å²) in [5.74, 6) is 0.107. The van der Waals surface area contributed by atoms with Crippen LogP contribution in [0, 0.1) is 0 Å². The predicted octanol–water partition coefficient (Wildman–Crippen LogP) is 6.34. The molecule has 0 spiro atoms. The highest BCUT2D eigenvalue weighted by atomic mass is 35.5. The third-order valence-electron chi connectivity index (χ3n) is 6.27. The normalized spacial score (nSPS) is 15.0. The molecule has 0 saturated heterocycles. The number of benzene rings is 3. The summed E-state index contributed by atoms with van der Waals surface area (Å²) in [5.41, 5.74) is 2.86. The number of halogens is 3. The molecule has 5 rings (SSSR count). The second-order valence-electron chi connectivity index (χ2n) is 8.95. The highest BCUT2D eigenvalue weighted by Gasteiger charge is 2.33. The lowest BCUT2D eigenvalue weighted by molar-refractivity contribution is -0.139. The van der Waals surface area contributed by atoms with Crippen molar-refractivity contribution in [3.63, 3.8) is 0 Å². The molecule has 0 bridgehead atoms. The van der Waals surface area contributed by atoms with Crippen LogP contribution < -0.4 is 19.6 Å². The Balaban J connectivity index is 1.53. The molecule has 3 aromatic carbocycles. The molecule has 0 fully saturated rings. The highest BCUT2D eigenvalue weighted by Crippen LogP contribution is 2.31. The lowest BCUT2D eigenvalue weighted by Crippen LogP contribution is -2.39. The zero-order valence-electron chi connectivity index (χ0n) is 21.5. The number of carbonyl (C=O) groups is 1. The Bertz CT molecular complexity index is 1810. The maximum absolute atomic E-state index is 13.8. The van der Waals surface area contributed by atoms with Crippen LogP contribution in [0.3, 0.4) is 0 Å². The third kappa shape index (κ3) is 5.88. The zero-order chi connectivity index (χ0) is 28.4. The summed E-state index contributed by atoms with van der Waals surface area (Å²) in [6.45, 7) is 3.96.